The first-order chi connectivity index (χ1) is 13.1. The summed E-state index contributed by atoms with van der Waals surface area (Å²) in [5.41, 5.74) is -0.575. The molecule has 0 heterocycles. The van der Waals surface area contributed by atoms with Crippen molar-refractivity contribution in [3.05, 3.63) is 0 Å². The lowest BCUT2D eigenvalue weighted by molar-refractivity contribution is -0.121. The fraction of sp³-hybridized carbons (Fsp3) is 0.909. The summed E-state index contributed by atoms with van der Waals surface area (Å²) in [4.78, 5) is 24.1. The third kappa shape index (κ3) is 11.5. The van der Waals surface area contributed by atoms with Crippen LogP contribution in [0.5, 0.6) is 0 Å². The van der Waals surface area contributed by atoms with Crippen LogP contribution in [0.3, 0.4) is 0 Å². The Hall–Kier alpha value is -1.30. The summed E-state index contributed by atoms with van der Waals surface area (Å²) in [6, 6.07) is -0.356. The Labute approximate surface area is 171 Å². The molecular weight excluding hydrogens is 356 g/mol. The van der Waals surface area contributed by atoms with Gasteiger partial charge in [0.25, 0.3) is 0 Å². The van der Waals surface area contributed by atoms with Gasteiger partial charge in [-0.05, 0) is 51.9 Å². The maximum absolute atomic E-state index is 12.2. The molecule has 1 rings (SSSR count). The van der Waals surface area contributed by atoms with Crippen molar-refractivity contribution in [1.82, 2.24) is 10.6 Å². The molecule has 6 heteroatoms. The number of carbonyl (C=O) groups excluding carboxylic acids is 2. The number of aliphatic hydroxyl groups is 1. The molecule has 0 aromatic rings. The maximum atomic E-state index is 12.2. The minimum Gasteiger partial charge on any atom is -0.444 e. The summed E-state index contributed by atoms with van der Waals surface area (Å²) < 4.78 is 5.37. The van der Waals surface area contributed by atoms with E-state index in [4.69, 9.17) is 4.74 Å². The normalized spacial score (nSPS) is 17.8. The van der Waals surface area contributed by atoms with E-state index in [1.165, 1.54) is 19.3 Å². The first-order valence-electron chi connectivity index (χ1n) is 11.0. The minimum absolute atomic E-state index is 0.0184. The van der Waals surface area contributed by atoms with Gasteiger partial charge in [-0.15, -0.1) is 0 Å². The third-order valence-electron chi connectivity index (χ3n) is 5.19. The van der Waals surface area contributed by atoms with Gasteiger partial charge in [-0.25, -0.2) is 4.79 Å². The van der Waals surface area contributed by atoms with E-state index in [-0.39, 0.29) is 11.9 Å². The molecule has 0 radical (unpaired) electrons. The van der Waals surface area contributed by atoms with Crippen molar-refractivity contribution in [2.45, 2.75) is 110 Å². The second kappa shape index (κ2) is 12.3. The number of rotatable bonds is 10. The lowest BCUT2D eigenvalue weighted by Gasteiger charge is -2.31. The highest BCUT2D eigenvalue weighted by Crippen LogP contribution is 2.28. The van der Waals surface area contributed by atoms with Crippen molar-refractivity contribution >= 4 is 12.0 Å². The summed E-state index contributed by atoms with van der Waals surface area (Å²) in [6.07, 6.45) is 7.32. The van der Waals surface area contributed by atoms with Crippen LogP contribution < -0.4 is 10.6 Å². The van der Waals surface area contributed by atoms with Gasteiger partial charge in [0.05, 0.1) is 12.1 Å². The molecule has 0 bridgehead atoms. The van der Waals surface area contributed by atoms with E-state index in [1.54, 1.807) is 0 Å². The smallest absolute Gasteiger partial charge is 0.407 e. The Morgan fingerprint density at radius 2 is 1.75 bits per heavy atom. The molecule has 0 saturated heterocycles. The van der Waals surface area contributed by atoms with Crippen LogP contribution in [0.4, 0.5) is 4.79 Å². The zero-order valence-electron chi connectivity index (χ0n) is 18.6. The standard InChI is InChI=1S/C22H42N2O4/c1-16(2)11-12-20(26)23-14-13-19(25)18(15-17-9-7-6-8-10-17)24-21(27)28-22(3,4)5/h16-19,25H,6-15H2,1-5H3,(H,23,26)(H,24,27)/t18-,19-/m0/s1. The Morgan fingerprint density at radius 1 is 1.11 bits per heavy atom. The fourth-order valence-electron chi connectivity index (χ4n) is 3.62. The number of nitrogens with one attached hydrogen (secondary N) is 2. The van der Waals surface area contributed by atoms with Gasteiger partial charge in [-0.1, -0.05) is 46.0 Å². The Bertz CT molecular complexity index is 468. The third-order valence-corrected chi connectivity index (χ3v) is 5.19. The molecule has 0 aromatic carbocycles. The van der Waals surface area contributed by atoms with Crippen molar-refractivity contribution < 1.29 is 19.4 Å². The van der Waals surface area contributed by atoms with Crippen LogP contribution in [0, 0.1) is 11.8 Å². The molecule has 1 fully saturated rings. The molecule has 0 aliphatic heterocycles. The second-order valence-corrected chi connectivity index (χ2v) is 9.63. The number of hydrogen-bond acceptors (Lipinski definition) is 4. The quantitative estimate of drug-likeness (QED) is 0.516. The van der Waals surface area contributed by atoms with Crippen molar-refractivity contribution in [2.75, 3.05) is 6.54 Å². The SMILES string of the molecule is CC(C)CCC(=O)NCC[C@H](O)[C@H](CC1CCCCC1)NC(=O)OC(C)(C)C. The van der Waals surface area contributed by atoms with E-state index in [9.17, 15) is 14.7 Å². The van der Waals surface area contributed by atoms with Gasteiger partial charge in [0.2, 0.25) is 5.91 Å². The summed E-state index contributed by atoms with van der Waals surface area (Å²) in [5.74, 6) is 1.03. The van der Waals surface area contributed by atoms with E-state index >= 15 is 0 Å². The molecule has 2 amide bonds. The van der Waals surface area contributed by atoms with E-state index in [0.717, 1.165) is 25.7 Å². The average Bonchev–Trinajstić information content (AvgIpc) is 2.58. The molecule has 0 unspecified atom stereocenters. The van der Waals surface area contributed by atoms with Gasteiger partial charge >= 0.3 is 6.09 Å². The number of alkyl carbamates (subject to hydrolysis) is 1. The molecule has 1 aliphatic rings. The highest BCUT2D eigenvalue weighted by atomic mass is 16.6. The van der Waals surface area contributed by atoms with Crippen LogP contribution in [-0.4, -0.2) is 41.4 Å². The van der Waals surface area contributed by atoms with Gasteiger partial charge in [0, 0.05) is 13.0 Å². The van der Waals surface area contributed by atoms with Gasteiger partial charge in [0.1, 0.15) is 5.60 Å². The Balaban J connectivity index is 2.53. The summed E-state index contributed by atoms with van der Waals surface area (Å²) in [6.45, 7) is 10.1. The van der Waals surface area contributed by atoms with E-state index in [1.807, 2.05) is 20.8 Å². The number of amides is 2. The molecule has 3 N–H and O–H groups in total. The zero-order chi connectivity index (χ0) is 21.2. The van der Waals surface area contributed by atoms with Crippen LogP contribution in [-0.2, 0) is 9.53 Å². The van der Waals surface area contributed by atoms with Crippen LogP contribution in [0.25, 0.3) is 0 Å². The lowest BCUT2D eigenvalue weighted by Crippen LogP contribution is -2.47. The molecule has 0 spiro atoms. The molecule has 2 atom stereocenters. The number of hydrogen-bond donors (Lipinski definition) is 3. The monoisotopic (exact) mass is 398 g/mol. The van der Waals surface area contributed by atoms with Gasteiger partial charge in [-0.3, -0.25) is 4.79 Å². The van der Waals surface area contributed by atoms with Gasteiger partial charge in [-0.2, -0.15) is 0 Å². The summed E-state index contributed by atoms with van der Waals surface area (Å²) in [5, 5.41) is 16.4. The maximum Gasteiger partial charge on any atom is 0.407 e. The molecule has 164 valence electrons. The van der Waals surface area contributed by atoms with E-state index in [0.29, 0.717) is 31.2 Å². The van der Waals surface area contributed by atoms with E-state index < -0.39 is 17.8 Å². The Morgan fingerprint density at radius 3 is 2.32 bits per heavy atom. The Kier molecular flexibility index (Phi) is 10.9. The van der Waals surface area contributed by atoms with Crippen molar-refractivity contribution in [3.8, 4) is 0 Å². The number of aliphatic hydroxyl groups excluding tert-OH is 1. The first-order valence-corrected chi connectivity index (χ1v) is 11.0. The highest BCUT2D eigenvalue weighted by molar-refractivity contribution is 5.75. The van der Waals surface area contributed by atoms with Gasteiger partial charge in [0.15, 0.2) is 0 Å². The number of carbonyl (C=O) groups is 2. The molecule has 28 heavy (non-hydrogen) atoms. The minimum atomic E-state index is -0.708. The topological polar surface area (TPSA) is 87.7 Å². The van der Waals surface area contributed by atoms with Crippen LogP contribution in [0.15, 0.2) is 0 Å². The second-order valence-electron chi connectivity index (χ2n) is 9.63. The zero-order valence-corrected chi connectivity index (χ0v) is 18.6. The molecule has 0 aromatic heterocycles. The first kappa shape index (κ1) is 24.7. The largest absolute Gasteiger partial charge is 0.444 e. The highest BCUT2D eigenvalue weighted by Gasteiger charge is 2.28. The van der Waals surface area contributed by atoms with Crippen molar-refractivity contribution in [2.24, 2.45) is 11.8 Å². The van der Waals surface area contributed by atoms with Crippen LogP contribution in [0.1, 0.15) is 92.4 Å². The van der Waals surface area contributed by atoms with Crippen LogP contribution >= 0.6 is 0 Å². The lowest BCUT2D eigenvalue weighted by atomic mass is 9.83. The van der Waals surface area contributed by atoms with Crippen molar-refractivity contribution in [3.63, 3.8) is 0 Å². The molecule has 6 nitrogen and oxygen atoms in total. The van der Waals surface area contributed by atoms with Gasteiger partial charge < -0.3 is 20.5 Å². The fourth-order valence-corrected chi connectivity index (χ4v) is 3.62. The molecule has 1 aliphatic carbocycles. The predicted octanol–water partition coefficient (Wildman–Crippen LogP) is 4.15. The predicted molar refractivity (Wildman–Crippen MR) is 112 cm³/mol. The summed E-state index contributed by atoms with van der Waals surface area (Å²) in [7, 11) is 0. The average molecular weight is 399 g/mol. The van der Waals surface area contributed by atoms with E-state index in [2.05, 4.69) is 24.5 Å². The number of ether oxygens (including phenoxy) is 1. The van der Waals surface area contributed by atoms with Crippen molar-refractivity contribution in [1.29, 1.82) is 0 Å². The van der Waals surface area contributed by atoms with Crippen LogP contribution in [0.2, 0.25) is 0 Å². The molecular formula is C22H42N2O4. The molecule has 1 saturated carbocycles. The summed E-state index contributed by atoms with van der Waals surface area (Å²) >= 11 is 0.